The molecule has 10 heteroatoms. The minimum atomic E-state index is -3.01. The van der Waals surface area contributed by atoms with Crippen molar-refractivity contribution in [1.82, 2.24) is 0 Å². The molecule has 0 heterocycles. The number of hydrogen-bond acceptors (Lipinski definition) is 6. The highest BCUT2D eigenvalue weighted by Crippen LogP contribution is 2.31. The van der Waals surface area contributed by atoms with Crippen molar-refractivity contribution in [2.45, 2.75) is 19.5 Å². The molecule has 0 aliphatic rings. The van der Waals surface area contributed by atoms with Crippen LogP contribution in [0, 0.1) is 10.1 Å². The highest BCUT2D eigenvalue weighted by molar-refractivity contribution is 5.91. The van der Waals surface area contributed by atoms with Crippen LogP contribution in [0.25, 0.3) is 0 Å². The maximum Gasteiger partial charge on any atom is 0.387 e. The lowest BCUT2D eigenvalue weighted by Gasteiger charge is -2.12. The molecular formula is C18H19F2N3O5. The predicted octanol–water partition coefficient (Wildman–Crippen LogP) is 4.04. The number of ether oxygens (including phenoxy) is 2. The molecule has 2 aromatic carbocycles. The zero-order valence-corrected chi connectivity index (χ0v) is 15.0. The summed E-state index contributed by atoms with van der Waals surface area (Å²) in [7, 11) is 1.32. The number of nitrogens with one attached hydrogen (secondary N) is 2. The van der Waals surface area contributed by atoms with Crippen molar-refractivity contribution < 1.29 is 28.0 Å². The molecule has 0 aliphatic carbocycles. The largest absolute Gasteiger partial charge is 0.493 e. The van der Waals surface area contributed by atoms with Crippen LogP contribution in [0.2, 0.25) is 0 Å². The summed E-state index contributed by atoms with van der Waals surface area (Å²) < 4.78 is 34.2. The second-order valence-corrected chi connectivity index (χ2v) is 5.63. The Bertz CT molecular complexity index is 815. The molecule has 0 aliphatic heterocycles. The lowest BCUT2D eigenvalue weighted by Crippen LogP contribution is -2.13. The molecule has 2 N–H and O–H groups in total. The van der Waals surface area contributed by atoms with Gasteiger partial charge in [-0.3, -0.25) is 14.9 Å². The zero-order chi connectivity index (χ0) is 20.5. The van der Waals surface area contributed by atoms with Crippen molar-refractivity contribution in [3.05, 3.63) is 52.6 Å². The van der Waals surface area contributed by atoms with Crippen LogP contribution in [0.4, 0.5) is 25.8 Å². The van der Waals surface area contributed by atoms with E-state index >= 15 is 0 Å². The number of carbonyl (C=O) groups is 1. The number of nitrogens with zero attached hydrogens (tertiary/aromatic N) is 1. The lowest BCUT2D eigenvalue weighted by atomic mass is 10.2. The number of nitro groups is 1. The summed E-state index contributed by atoms with van der Waals surface area (Å²) in [5.74, 6) is -0.334. The van der Waals surface area contributed by atoms with E-state index in [9.17, 15) is 23.7 Å². The van der Waals surface area contributed by atoms with E-state index in [1.807, 2.05) is 0 Å². The van der Waals surface area contributed by atoms with Gasteiger partial charge in [-0.15, -0.1) is 0 Å². The third-order valence-electron chi connectivity index (χ3n) is 3.65. The smallest absolute Gasteiger partial charge is 0.387 e. The highest BCUT2D eigenvalue weighted by Gasteiger charge is 2.12. The Labute approximate surface area is 159 Å². The van der Waals surface area contributed by atoms with E-state index in [0.717, 1.165) is 0 Å². The van der Waals surface area contributed by atoms with Crippen LogP contribution in [-0.4, -0.2) is 31.1 Å². The summed E-state index contributed by atoms with van der Waals surface area (Å²) in [4.78, 5) is 22.1. The third-order valence-corrected chi connectivity index (χ3v) is 3.65. The molecule has 0 atom stereocenters. The topological polar surface area (TPSA) is 103 Å². The second kappa shape index (κ2) is 10.0. The fourth-order valence-corrected chi connectivity index (χ4v) is 2.35. The van der Waals surface area contributed by atoms with E-state index in [1.165, 1.54) is 37.4 Å². The average molecular weight is 395 g/mol. The monoisotopic (exact) mass is 395 g/mol. The van der Waals surface area contributed by atoms with Gasteiger partial charge in [0, 0.05) is 42.5 Å². The Morgan fingerprint density at radius 3 is 2.43 bits per heavy atom. The Morgan fingerprint density at radius 1 is 1.14 bits per heavy atom. The highest BCUT2D eigenvalue weighted by atomic mass is 19.3. The molecule has 0 aromatic heterocycles. The first-order valence-electron chi connectivity index (χ1n) is 8.30. The first kappa shape index (κ1) is 20.9. The van der Waals surface area contributed by atoms with Gasteiger partial charge in [-0.05, 0) is 30.7 Å². The summed E-state index contributed by atoms with van der Waals surface area (Å²) in [5.41, 5.74) is 1.01. The van der Waals surface area contributed by atoms with Gasteiger partial charge in [0.2, 0.25) is 5.91 Å². The molecule has 0 saturated carbocycles. The predicted molar refractivity (Wildman–Crippen MR) is 99.1 cm³/mol. The molecule has 28 heavy (non-hydrogen) atoms. The van der Waals surface area contributed by atoms with Gasteiger partial charge in [0.1, 0.15) is 0 Å². The number of methoxy groups -OCH3 is 1. The lowest BCUT2D eigenvalue weighted by molar-refractivity contribution is -0.384. The van der Waals surface area contributed by atoms with E-state index in [4.69, 9.17) is 4.74 Å². The fourth-order valence-electron chi connectivity index (χ4n) is 2.35. The van der Waals surface area contributed by atoms with Gasteiger partial charge >= 0.3 is 6.61 Å². The van der Waals surface area contributed by atoms with Gasteiger partial charge in [0.25, 0.3) is 5.69 Å². The number of anilines is 2. The van der Waals surface area contributed by atoms with Gasteiger partial charge in [0.05, 0.1) is 12.0 Å². The van der Waals surface area contributed by atoms with Crippen LogP contribution in [-0.2, 0) is 4.79 Å². The van der Waals surface area contributed by atoms with Gasteiger partial charge in [-0.1, -0.05) is 0 Å². The Morgan fingerprint density at radius 2 is 1.82 bits per heavy atom. The molecule has 1 amide bonds. The fraction of sp³-hybridized carbons (Fsp3) is 0.278. The van der Waals surface area contributed by atoms with Crippen LogP contribution in [0.15, 0.2) is 42.5 Å². The molecular weight excluding hydrogens is 376 g/mol. The SMILES string of the molecule is COc1ccc(NC(=O)CCCNc2ccc([N+](=O)[O-])cc2)cc1OC(F)F. The average Bonchev–Trinajstić information content (AvgIpc) is 2.65. The Hall–Kier alpha value is -3.43. The van der Waals surface area contributed by atoms with Gasteiger partial charge < -0.3 is 20.1 Å². The van der Waals surface area contributed by atoms with Gasteiger partial charge in [-0.25, -0.2) is 0 Å². The molecule has 0 radical (unpaired) electrons. The first-order valence-corrected chi connectivity index (χ1v) is 8.30. The molecule has 8 nitrogen and oxygen atoms in total. The van der Waals surface area contributed by atoms with E-state index in [0.29, 0.717) is 24.3 Å². The number of non-ortho nitro benzene ring substituents is 1. The van der Waals surface area contributed by atoms with Crippen LogP contribution in [0.3, 0.4) is 0 Å². The number of alkyl halides is 2. The number of carbonyl (C=O) groups excluding carboxylic acids is 1. The van der Waals surface area contributed by atoms with Crippen molar-refractivity contribution >= 4 is 23.0 Å². The van der Waals surface area contributed by atoms with E-state index in [2.05, 4.69) is 15.4 Å². The molecule has 0 bridgehead atoms. The standard InChI is InChI=1S/C18H19F2N3O5/c1-27-15-9-6-13(11-16(15)28-18(19)20)22-17(24)3-2-10-21-12-4-7-14(8-5-12)23(25)26/h4-9,11,18,21H,2-3,10H2,1H3,(H,22,24). The molecule has 0 unspecified atom stereocenters. The Balaban J connectivity index is 1.80. The Kier molecular flexibility index (Phi) is 7.49. The number of hydrogen-bond donors (Lipinski definition) is 2. The summed E-state index contributed by atoms with van der Waals surface area (Å²) in [6.45, 7) is -2.53. The third kappa shape index (κ3) is 6.38. The van der Waals surface area contributed by atoms with E-state index < -0.39 is 11.5 Å². The number of rotatable bonds is 10. The molecule has 150 valence electrons. The van der Waals surface area contributed by atoms with Crippen molar-refractivity contribution in [1.29, 1.82) is 0 Å². The number of halogens is 2. The quantitative estimate of drug-likeness (QED) is 0.358. The zero-order valence-electron chi connectivity index (χ0n) is 15.0. The first-order chi connectivity index (χ1) is 13.4. The van der Waals surface area contributed by atoms with Crippen molar-refractivity contribution in [3.63, 3.8) is 0 Å². The number of benzene rings is 2. The molecule has 0 fully saturated rings. The summed E-state index contributed by atoms with van der Waals surface area (Å²) in [6.07, 6.45) is 0.691. The minimum absolute atomic E-state index is 0.000361. The van der Waals surface area contributed by atoms with Crippen molar-refractivity contribution in [2.24, 2.45) is 0 Å². The summed E-state index contributed by atoms with van der Waals surface area (Å²) in [6, 6.07) is 10.1. The molecule has 0 saturated heterocycles. The normalized spacial score (nSPS) is 10.4. The number of amides is 1. The van der Waals surface area contributed by atoms with Crippen LogP contribution < -0.4 is 20.1 Å². The van der Waals surface area contributed by atoms with Gasteiger partial charge in [0.15, 0.2) is 11.5 Å². The maximum absolute atomic E-state index is 12.4. The number of nitro benzene ring substituents is 1. The van der Waals surface area contributed by atoms with E-state index in [-0.39, 0.29) is 29.5 Å². The molecule has 2 rings (SSSR count). The summed E-state index contributed by atoms with van der Waals surface area (Å²) in [5, 5.41) is 16.3. The van der Waals surface area contributed by atoms with Crippen LogP contribution in [0.5, 0.6) is 11.5 Å². The summed E-state index contributed by atoms with van der Waals surface area (Å²) >= 11 is 0. The minimum Gasteiger partial charge on any atom is -0.493 e. The van der Waals surface area contributed by atoms with Crippen molar-refractivity contribution in [3.8, 4) is 11.5 Å². The van der Waals surface area contributed by atoms with Crippen molar-refractivity contribution in [2.75, 3.05) is 24.3 Å². The van der Waals surface area contributed by atoms with Gasteiger partial charge in [-0.2, -0.15) is 8.78 Å². The van der Waals surface area contributed by atoms with Crippen LogP contribution in [0.1, 0.15) is 12.8 Å². The molecule has 0 spiro atoms. The maximum atomic E-state index is 12.4. The van der Waals surface area contributed by atoms with E-state index in [1.54, 1.807) is 12.1 Å². The second-order valence-electron chi connectivity index (χ2n) is 5.63. The van der Waals surface area contributed by atoms with Crippen LogP contribution >= 0.6 is 0 Å². The molecule has 2 aromatic rings.